The minimum atomic E-state index is -0.561. The molecule has 33 heavy (non-hydrogen) atoms. The minimum absolute atomic E-state index is 0.0953. The van der Waals surface area contributed by atoms with Crippen LogP contribution >= 0.6 is 23.2 Å². The van der Waals surface area contributed by atoms with E-state index in [4.69, 9.17) is 32.7 Å². The van der Waals surface area contributed by atoms with Gasteiger partial charge in [0.1, 0.15) is 18.2 Å². The molecule has 0 saturated heterocycles. The number of aryl methyl sites for hydroxylation is 1. The van der Waals surface area contributed by atoms with E-state index in [1.54, 1.807) is 36.4 Å². The highest BCUT2D eigenvalue weighted by Gasteiger charge is 2.15. The standard InChI is InChI=1S/C26H22Cl2N2O3/c1-3-32-24-13-18(11-20(15-29)26(31)30-22-10-6-9-21(27)14-22)12-23(28)25(24)33-16-19-8-5-4-7-17(19)2/h4-14H,3,16H2,1-2H3,(H,30,31)/b20-11+. The molecule has 0 spiro atoms. The molecule has 0 radical (unpaired) electrons. The summed E-state index contributed by atoms with van der Waals surface area (Å²) in [6.45, 7) is 4.58. The fourth-order valence-electron chi connectivity index (χ4n) is 3.08. The van der Waals surface area contributed by atoms with E-state index in [-0.39, 0.29) is 5.57 Å². The molecule has 0 fully saturated rings. The lowest BCUT2D eigenvalue weighted by atomic mass is 10.1. The number of nitrogens with zero attached hydrogens (tertiary/aromatic N) is 1. The van der Waals surface area contributed by atoms with Gasteiger partial charge in [0, 0.05) is 10.7 Å². The van der Waals surface area contributed by atoms with Crippen molar-refractivity contribution in [1.82, 2.24) is 0 Å². The molecule has 168 valence electrons. The minimum Gasteiger partial charge on any atom is -0.490 e. The number of carbonyl (C=O) groups is 1. The van der Waals surface area contributed by atoms with Gasteiger partial charge in [0.15, 0.2) is 11.5 Å². The lowest BCUT2D eigenvalue weighted by Crippen LogP contribution is -2.13. The Hall–Kier alpha value is -3.46. The van der Waals surface area contributed by atoms with Gasteiger partial charge in [-0.05, 0) is 66.9 Å². The Morgan fingerprint density at radius 1 is 1.09 bits per heavy atom. The Labute approximate surface area is 203 Å². The van der Waals surface area contributed by atoms with Crippen LogP contribution in [0, 0.1) is 18.3 Å². The second-order valence-electron chi connectivity index (χ2n) is 7.11. The smallest absolute Gasteiger partial charge is 0.266 e. The number of hydrogen-bond donors (Lipinski definition) is 1. The first-order valence-corrected chi connectivity index (χ1v) is 11.0. The van der Waals surface area contributed by atoms with Crippen LogP contribution in [0.4, 0.5) is 5.69 Å². The molecule has 7 heteroatoms. The highest BCUT2D eigenvalue weighted by molar-refractivity contribution is 6.32. The third-order valence-electron chi connectivity index (χ3n) is 4.72. The highest BCUT2D eigenvalue weighted by atomic mass is 35.5. The maximum atomic E-state index is 12.6. The van der Waals surface area contributed by atoms with E-state index in [9.17, 15) is 10.1 Å². The van der Waals surface area contributed by atoms with E-state index >= 15 is 0 Å². The predicted octanol–water partition coefficient (Wildman–Crippen LogP) is 6.83. The van der Waals surface area contributed by atoms with E-state index in [0.717, 1.165) is 11.1 Å². The van der Waals surface area contributed by atoms with Crippen molar-refractivity contribution in [3.8, 4) is 17.6 Å². The number of ether oxygens (including phenoxy) is 2. The van der Waals surface area contributed by atoms with E-state index < -0.39 is 5.91 Å². The SMILES string of the molecule is CCOc1cc(/C=C(\C#N)C(=O)Nc2cccc(Cl)c2)cc(Cl)c1OCc1ccccc1C. The van der Waals surface area contributed by atoms with Crippen molar-refractivity contribution >= 4 is 40.9 Å². The third kappa shape index (κ3) is 6.52. The molecule has 0 unspecified atom stereocenters. The molecule has 0 bridgehead atoms. The van der Waals surface area contributed by atoms with Gasteiger partial charge in [0.2, 0.25) is 0 Å². The number of rotatable bonds is 8. The fourth-order valence-corrected chi connectivity index (χ4v) is 3.54. The molecule has 0 atom stereocenters. The van der Waals surface area contributed by atoms with Crippen LogP contribution in [-0.2, 0) is 11.4 Å². The van der Waals surface area contributed by atoms with Crippen LogP contribution in [0.15, 0.2) is 66.2 Å². The number of anilines is 1. The van der Waals surface area contributed by atoms with Crippen LogP contribution in [0.25, 0.3) is 6.08 Å². The van der Waals surface area contributed by atoms with Gasteiger partial charge in [-0.3, -0.25) is 4.79 Å². The largest absolute Gasteiger partial charge is 0.490 e. The van der Waals surface area contributed by atoms with Gasteiger partial charge in [0.25, 0.3) is 5.91 Å². The van der Waals surface area contributed by atoms with Gasteiger partial charge in [-0.25, -0.2) is 0 Å². The van der Waals surface area contributed by atoms with Crippen molar-refractivity contribution in [2.45, 2.75) is 20.5 Å². The number of benzene rings is 3. The van der Waals surface area contributed by atoms with Crippen LogP contribution < -0.4 is 14.8 Å². The molecule has 1 N–H and O–H groups in total. The Kier molecular flexibility index (Phi) is 8.37. The fraction of sp³-hybridized carbons (Fsp3) is 0.154. The van der Waals surface area contributed by atoms with Gasteiger partial charge < -0.3 is 14.8 Å². The molecular weight excluding hydrogens is 459 g/mol. The average Bonchev–Trinajstić information content (AvgIpc) is 2.78. The second kappa shape index (κ2) is 11.4. The van der Waals surface area contributed by atoms with E-state index in [2.05, 4.69) is 5.32 Å². The molecular formula is C26H22Cl2N2O3. The van der Waals surface area contributed by atoms with Crippen LogP contribution in [0.2, 0.25) is 10.0 Å². The monoisotopic (exact) mass is 480 g/mol. The number of hydrogen-bond acceptors (Lipinski definition) is 4. The summed E-state index contributed by atoms with van der Waals surface area (Å²) < 4.78 is 11.7. The lowest BCUT2D eigenvalue weighted by Gasteiger charge is -2.15. The molecule has 0 aromatic heterocycles. The molecule has 0 saturated carbocycles. The van der Waals surface area contributed by atoms with Crippen molar-refractivity contribution in [3.63, 3.8) is 0 Å². The summed E-state index contributed by atoms with van der Waals surface area (Å²) in [5, 5.41) is 13.0. The van der Waals surface area contributed by atoms with Crippen LogP contribution in [0.3, 0.4) is 0 Å². The molecule has 0 aliphatic heterocycles. The first-order valence-electron chi connectivity index (χ1n) is 10.2. The summed E-state index contributed by atoms with van der Waals surface area (Å²) in [6, 6.07) is 19.8. The van der Waals surface area contributed by atoms with Crippen molar-refractivity contribution in [2.24, 2.45) is 0 Å². The number of nitriles is 1. The summed E-state index contributed by atoms with van der Waals surface area (Å²) in [5.74, 6) is 0.270. The highest BCUT2D eigenvalue weighted by Crippen LogP contribution is 2.38. The van der Waals surface area contributed by atoms with Crippen molar-refractivity contribution in [2.75, 3.05) is 11.9 Å². The van der Waals surface area contributed by atoms with Crippen LogP contribution in [0.5, 0.6) is 11.5 Å². The normalized spacial score (nSPS) is 10.9. The van der Waals surface area contributed by atoms with Crippen LogP contribution in [0.1, 0.15) is 23.6 Å². The number of halogens is 2. The van der Waals surface area contributed by atoms with E-state index in [1.165, 1.54) is 6.08 Å². The molecule has 0 aliphatic rings. The average molecular weight is 481 g/mol. The topological polar surface area (TPSA) is 71.3 Å². The zero-order valence-corrected chi connectivity index (χ0v) is 19.7. The summed E-state index contributed by atoms with van der Waals surface area (Å²) in [5.41, 5.74) is 3.06. The summed E-state index contributed by atoms with van der Waals surface area (Å²) >= 11 is 12.5. The predicted molar refractivity (Wildman–Crippen MR) is 132 cm³/mol. The quantitative estimate of drug-likeness (QED) is 0.283. The summed E-state index contributed by atoms with van der Waals surface area (Å²) in [7, 11) is 0. The Morgan fingerprint density at radius 2 is 1.88 bits per heavy atom. The Bertz CT molecular complexity index is 1230. The molecule has 0 aliphatic carbocycles. The van der Waals surface area contributed by atoms with Crippen LogP contribution in [-0.4, -0.2) is 12.5 Å². The zero-order chi connectivity index (χ0) is 23.8. The van der Waals surface area contributed by atoms with E-state index in [1.807, 2.05) is 44.2 Å². The Morgan fingerprint density at radius 3 is 2.58 bits per heavy atom. The summed E-state index contributed by atoms with van der Waals surface area (Å²) in [6.07, 6.45) is 1.44. The van der Waals surface area contributed by atoms with Gasteiger partial charge in [0.05, 0.1) is 11.6 Å². The Balaban J connectivity index is 1.86. The van der Waals surface area contributed by atoms with Gasteiger partial charge in [-0.1, -0.05) is 53.5 Å². The first kappa shape index (κ1) is 24.2. The molecule has 1 amide bonds. The second-order valence-corrected chi connectivity index (χ2v) is 7.96. The zero-order valence-electron chi connectivity index (χ0n) is 18.2. The lowest BCUT2D eigenvalue weighted by molar-refractivity contribution is -0.112. The first-order chi connectivity index (χ1) is 15.9. The number of nitrogens with one attached hydrogen (secondary N) is 1. The summed E-state index contributed by atoms with van der Waals surface area (Å²) in [4.78, 5) is 12.6. The third-order valence-corrected chi connectivity index (χ3v) is 5.24. The van der Waals surface area contributed by atoms with Gasteiger partial charge in [-0.2, -0.15) is 5.26 Å². The number of carbonyl (C=O) groups excluding carboxylic acids is 1. The van der Waals surface area contributed by atoms with E-state index in [0.29, 0.717) is 46.0 Å². The molecule has 3 rings (SSSR count). The van der Waals surface area contributed by atoms with Gasteiger partial charge >= 0.3 is 0 Å². The maximum Gasteiger partial charge on any atom is 0.266 e. The molecule has 3 aromatic carbocycles. The molecule has 0 heterocycles. The van der Waals surface area contributed by atoms with Gasteiger partial charge in [-0.15, -0.1) is 0 Å². The van der Waals surface area contributed by atoms with Crippen molar-refractivity contribution < 1.29 is 14.3 Å². The molecule has 3 aromatic rings. The van der Waals surface area contributed by atoms with Crippen molar-refractivity contribution in [1.29, 1.82) is 5.26 Å². The number of amides is 1. The van der Waals surface area contributed by atoms with Crippen molar-refractivity contribution in [3.05, 3.63) is 93.0 Å². The maximum absolute atomic E-state index is 12.6. The molecule has 5 nitrogen and oxygen atoms in total.